The largest absolute Gasteiger partial charge is 1.00 e. The van der Waals surface area contributed by atoms with Crippen LogP contribution in [0.4, 0.5) is 0 Å². The second-order valence-electron chi connectivity index (χ2n) is 1.82. The van der Waals surface area contributed by atoms with E-state index in [1.165, 1.54) is 12.1 Å². The third-order valence-electron chi connectivity index (χ3n) is 1.13. The van der Waals surface area contributed by atoms with E-state index in [9.17, 15) is 4.79 Å². The van der Waals surface area contributed by atoms with E-state index in [1.807, 2.05) is 0 Å². The van der Waals surface area contributed by atoms with Crippen molar-refractivity contribution in [2.75, 3.05) is 0 Å². The fourth-order valence-corrected chi connectivity index (χ4v) is 0.654. The second kappa shape index (κ2) is 6.95. The number of aromatic carboxylic acids is 1. The van der Waals surface area contributed by atoms with Crippen LogP contribution >= 0.6 is 0 Å². The number of aromatic hydroxyl groups is 1. The molecular weight excluding hydrogens is 178 g/mol. The van der Waals surface area contributed by atoms with E-state index in [0.29, 0.717) is 0 Å². The molecule has 0 amide bonds. The minimum absolute atomic E-state index is 0. The molecule has 5 heteroatoms. The van der Waals surface area contributed by atoms with Crippen molar-refractivity contribution in [1.82, 2.24) is 0 Å². The van der Waals surface area contributed by atoms with Crippen LogP contribution in [0.2, 0.25) is 0 Å². The molecule has 0 bridgehead atoms. The van der Waals surface area contributed by atoms with Gasteiger partial charge in [0, 0.05) is 0 Å². The van der Waals surface area contributed by atoms with Crippen molar-refractivity contribution >= 4 is 5.97 Å². The molecule has 0 heterocycles. The maximum atomic E-state index is 10.3. The Labute approximate surface area is 117 Å². The molecule has 1 aromatic rings. The summed E-state index contributed by atoms with van der Waals surface area (Å²) >= 11 is 0. The third-order valence-corrected chi connectivity index (χ3v) is 1.13. The predicted octanol–water partition coefficient (Wildman–Crippen LogP) is -4.68. The zero-order valence-corrected chi connectivity index (χ0v) is 11.1. The van der Waals surface area contributed by atoms with Gasteiger partial charge in [-0.05, 0) is 12.1 Å². The van der Waals surface area contributed by atoms with Crippen molar-refractivity contribution in [1.29, 1.82) is 0 Å². The first-order chi connectivity index (χ1) is 4.72. The van der Waals surface area contributed by atoms with Crippen molar-refractivity contribution in [2.24, 2.45) is 0 Å². The summed E-state index contributed by atoms with van der Waals surface area (Å²) < 4.78 is 0. The molecule has 0 saturated heterocycles. The Morgan fingerprint density at radius 3 is 2.08 bits per heavy atom. The molecule has 0 fully saturated rings. The van der Waals surface area contributed by atoms with Gasteiger partial charge in [-0.15, -0.1) is 0 Å². The van der Waals surface area contributed by atoms with E-state index in [0.717, 1.165) is 0 Å². The van der Waals surface area contributed by atoms with Crippen molar-refractivity contribution in [3.63, 3.8) is 0 Å². The van der Waals surface area contributed by atoms with Gasteiger partial charge in [0.2, 0.25) is 0 Å². The first kappa shape index (κ1) is 15.0. The molecule has 0 atom stereocenters. The molecule has 0 aliphatic carbocycles. The maximum Gasteiger partial charge on any atom is 1.00 e. The Kier molecular flexibility index (Phi) is 8.68. The Balaban J connectivity index is -0.000000125. The fraction of sp³-hybridized carbons (Fsp3) is 0. The average Bonchev–Trinajstić information content (AvgIpc) is 1.88. The molecule has 1 aromatic carbocycles. The number of rotatable bonds is 1. The third kappa shape index (κ3) is 3.94. The van der Waals surface area contributed by atoms with Crippen LogP contribution < -0.4 is 59.1 Å². The number of carboxylic acids is 1. The summed E-state index contributed by atoms with van der Waals surface area (Å²) in [5.41, 5.74) is -0.0671. The standard InChI is InChI=1S/C7H6O3.2Na.2H/c8-6-4-2-1-3-5(6)7(9)10;;;;/h1-4,8H,(H,9,10);;;;/q;2*+1;2*-1. The quantitative estimate of drug-likeness (QED) is 0.433. The monoisotopic (exact) mass is 186 g/mol. The summed E-state index contributed by atoms with van der Waals surface area (Å²) in [6.07, 6.45) is 0. The van der Waals surface area contributed by atoms with Gasteiger partial charge in [0.1, 0.15) is 11.3 Å². The maximum absolute atomic E-state index is 10.3. The summed E-state index contributed by atoms with van der Waals surface area (Å²) in [6.45, 7) is 0. The van der Waals surface area contributed by atoms with Gasteiger partial charge in [0.25, 0.3) is 0 Å². The SMILES string of the molecule is O=C(O)c1ccccc1O.[H-].[H-].[Na+].[Na+]. The molecular formula is C7H8Na2O3. The predicted molar refractivity (Wildman–Crippen MR) is 37.3 cm³/mol. The minimum Gasteiger partial charge on any atom is -1.00 e. The van der Waals surface area contributed by atoms with Gasteiger partial charge >= 0.3 is 65.1 Å². The molecule has 0 radical (unpaired) electrons. The van der Waals surface area contributed by atoms with E-state index >= 15 is 0 Å². The zero-order chi connectivity index (χ0) is 7.56. The number of phenols is 1. The van der Waals surface area contributed by atoms with Crippen molar-refractivity contribution < 1.29 is 77.0 Å². The molecule has 2 N–H and O–H groups in total. The molecule has 0 unspecified atom stereocenters. The number of carbonyl (C=O) groups is 1. The Bertz CT molecular complexity index is 271. The summed E-state index contributed by atoms with van der Waals surface area (Å²) in [5.74, 6) is -1.31. The molecule has 0 aliphatic heterocycles. The van der Waals surface area contributed by atoms with Crippen LogP contribution in [0, 0.1) is 0 Å². The second-order valence-corrected chi connectivity index (χ2v) is 1.82. The zero-order valence-electron chi connectivity index (χ0n) is 9.11. The first-order valence-corrected chi connectivity index (χ1v) is 2.73. The molecule has 0 aliphatic rings. The van der Waals surface area contributed by atoms with Gasteiger partial charge in [-0.25, -0.2) is 4.79 Å². The van der Waals surface area contributed by atoms with E-state index in [2.05, 4.69) is 0 Å². The normalized spacial score (nSPS) is 7.67. The Morgan fingerprint density at radius 1 is 1.25 bits per heavy atom. The van der Waals surface area contributed by atoms with E-state index in [4.69, 9.17) is 10.2 Å². The van der Waals surface area contributed by atoms with Crippen LogP contribution in [0.3, 0.4) is 0 Å². The van der Waals surface area contributed by atoms with Crippen LogP contribution in [-0.2, 0) is 0 Å². The van der Waals surface area contributed by atoms with E-state index in [-0.39, 0.29) is 73.3 Å². The number of benzene rings is 1. The molecule has 0 spiro atoms. The van der Waals surface area contributed by atoms with Gasteiger partial charge in [-0.2, -0.15) is 0 Å². The summed E-state index contributed by atoms with van der Waals surface area (Å²) in [4.78, 5) is 10.3. The number of hydrogen-bond acceptors (Lipinski definition) is 2. The van der Waals surface area contributed by atoms with Gasteiger partial charge in [0.05, 0.1) is 0 Å². The molecule has 0 saturated carbocycles. The van der Waals surface area contributed by atoms with Crippen LogP contribution in [0.25, 0.3) is 0 Å². The number of hydrogen-bond donors (Lipinski definition) is 2. The van der Waals surface area contributed by atoms with Crippen LogP contribution in [0.5, 0.6) is 5.75 Å². The van der Waals surface area contributed by atoms with Crippen molar-refractivity contribution in [2.45, 2.75) is 0 Å². The Morgan fingerprint density at radius 2 is 1.75 bits per heavy atom. The first-order valence-electron chi connectivity index (χ1n) is 2.73. The smallest absolute Gasteiger partial charge is 1.00 e. The molecule has 56 valence electrons. The summed E-state index contributed by atoms with van der Waals surface area (Å²) in [6, 6.07) is 5.81. The van der Waals surface area contributed by atoms with Crippen LogP contribution in [-0.4, -0.2) is 16.2 Å². The van der Waals surface area contributed by atoms with E-state index in [1.54, 1.807) is 12.1 Å². The van der Waals surface area contributed by atoms with Crippen LogP contribution in [0.1, 0.15) is 13.2 Å². The van der Waals surface area contributed by atoms with Gasteiger partial charge < -0.3 is 13.1 Å². The Hall–Kier alpha value is 0.490. The topological polar surface area (TPSA) is 57.5 Å². The van der Waals surface area contributed by atoms with Crippen molar-refractivity contribution in [3.8, 4) is 5.75 Å². The van der Waals surface area contributed by atoms with Gasteiger partial charge in [-0.1, -0.05) is 12.1 Å². The summed E-state index contributed by atoms with van der Waals surface area (Å²) in [7, 11) is 0. The average molecular weight is 186 g/mol. The molecule has 12 heavy (non-hydrogen) atoms. The number of para-hydroxylation sites is 1. The molecule has 3 nitrogen and oxygen atoms in total. The van der Waals surface area contributed by atoms with Gasteiger partial charge in [0.15, 0.2) is 0 Å². The molecule has 0 aromatic heterocycles. The minimum atomic E-state index is -1.11. The van der Waals surface area contributed by atoms with Crippen molar-refractivity contribution in [3.05, 3.63) is 29.8 Å². The van der Waals surface area contributed by atoms with Gasteiger partial charge in [-0.3, -0.25) is 0 Å². The summed E-state index contributed by atoms with van der Waals surface area (Å²) in [5, 5.41) is 17.3. The number of carboxylic acid groups (broad SMARTS) is 1. The fourth-order valence-electron chi connectivity index (χ4n) is 0.654. The van der Waals surface area contributed by atoms with Crippen LogP contribution in [0.15, 0.2) is 24.3 Å². The molecule has 1 rings (SSSR count). The van der Waals surface area contributed by atoms with E-state index < -0.39 is 5.97 Å².